The number of halogens is 1. The third-order valence-electron chi connectivity index (χ3n) is 2.70. The molecule has 0 amide bonds. The van der Waals surface area contributed by atoms with Gasteiger partial charge in [0.05, 0.1) is 10.7 Å². The Kier molecular flexibility index (Phi) is 3.96. The minimum atomic E-state index is -4.09. The molecule has 0 saturated heterocycles. The molecule has 0 fully saturated rings. The van der Waals surface area contributed by atoms with Crippen LogP contribution in [0.5, 0.6) is 11.5 Å². The van der Waals surface area contributed by atoms with E-state index >= 15 is 0 Å². The Bertz CT molecular complexity index is 645. The van der Waals surface area contributed by atoms with Crippen LogP contribution in [0.15, 0.2) is 12.1 Å². The first-order valence-corrected chi connectivity index (χ1v) is 7.57. The van der Waals surface area contributed by atoms with E-state index in [1.165, 1.54) is 12.1 Å². The number of carbonyl (C=O) groups is 1. The van der Waals surface area contributed by atoms with Gasteiger partial charge in [-0.1, -0.05) is 11.6 Å². The lowest BCUT2D eigenvalue weighted by Gasteiger charge is -2.20. The smallest absolute Gasteiger partial charge is 0.323 e. The van der Waals surface area contributed by atoms with Gasteiger partial charge in [-0.05, 0) is 6.92 Å². The number of aliphatic carboxylic acids is 1. The summed E-state index contributed by atoms with van der Waals surface area (Å²) in [6, 6.07) is 2.78. The fourth-order valence-electron chi connectivity index (χ4n) is 1.52. The summed E-state index contributed by atoms with van der Waals surface area (Å²) in [6.07, 6.45) is 0. The molecular formula is C11H12ClNO6S. The van der Waals surface area contributed by atoms with Crippen LogP contribution in [0.3, 0.4) is 0 Å². The Labute approximate surface area is 120 Å². The van der Waals surface area contributed by atoms with Crippen LogP contribution in [0, 0.1) is 0 Å². The number of rotatable bonds is 4. The zero-order valence-electron chi connectivity index (χ0n) is 10.4. The molecule has 0 spiro atoms. The molecule has 9 heteroatoms. The van der Waals surface area contributed by atoms with Crippen LogP contribution in [0.25, 0.3) is 0 Å². The monoisotopic (exact) mass is 321 g/mol. The first-order chi connectivity index (χ1) is 9.31. The maximum absolute atomic E-state index is 11.8. The summed E-state index contributed by atoms with van der Waals surface area (Å²) in [6.45, 7) is 1.79. The van der Waals surface area contributed by atoms with E-state index in [-0.39, 0.29) is 10.7 Å². The Morgan fingerprint density at radius 2 is 1.90 bits per heavy atom. The SMILES string of the molecule is CC(C(=O)O)S(=O)(=O)Nc1cc2c(cc1Cl)OCCO2. The number of fused-ring (bicyclic) bond motifs is 1. The standard InChI is InChI=1S/C11H12ClNO6S/c1-6(11(14)15)20(16,17)13-8-5-10-9(4-7(8)12)18-2-3-19-10/h4-6,13H,2-3H2,1H3,(H,14,15). The van der Waals surface area contributed by atoms with Gasteiger partial charge < -0.3 is 14.6 Å². The Balaban J connectivity index is 2.32. The molecule has 2 N–H and O–H groups in total. The number of hydrogen-bond acceptors (Lipinski definition) is 5. The molecule has 1 aliphatic rings. The maximum Gasteiger partial charge on any atom is 0.323 e. The summed E-state index contributed by atoms with van der Waals surface area (Å²) in [5.74, 6) is -0.692. The van der Waals surface area contributed by atoms with Crippen molar-refractivity contribution in [1.29, 1.82) is 0 Å². The zero-order chi connectivity index (χ0) is 14.9. The first kappa shape index (κ1) is 14.7. The molecule has 1 aromatic carbocycles. The third-order valence-corrected chi connectivity index (χ3v) is 4.65. The molecule has 0 aromatic heterocycles. The molecule has 1 aliphatic heterocycles. The summed E-state index contributed by atoms with van der Waals surface area (Å²) in [5.41, 5.74) is 0.0454. The van der Waals surface area contributed by atoms with Crippen LogP contribution >= 0.6 is 11.6 Å². The Hall–Kier alpha value is -1.67. The van der Waals surface area contributed by atoms with E-state index in [9.17, 15) is 13.2 Å². The summed E-state index contributed by atoms with van der Waals surface area (Å²) >= 11 is 5.94. The van der Waals surface area contributed by atoms with Crippen molar-refractivity contribution in [2.24, 2.45) is 0 Å². The van der Waals surface area contributed by atoms with E-state index in [0.29, 0.717) is 24.7 Å². The quantitative estimate of drug-likeness (QED) is 0.867. The van der Waals surface area contributed by atoms with Crippen molar-refractivity contribution < 1.29 is 27.8 Å². The summed E-state index contributed by atoms with van der Waals surface area (Å²) < 4.78 is 36.4. The lowest BCUT2D eigenvalue weighted by Crippen LogP contribution is -2.32. The topological polar surface area (TPSA) is 102 Å². The van der Waals surface area contributed by atoms with Gasteiger partial charge in [-0.3, -0.25) is 9.52 Å². The second-order valence-corrected chi connectivity index (χ2v) is 6.51. The van der Waals surface area contributed by atoms with Crippen molar-refractivity contribution in [2.45, 2.75) is 12.2 Å². The van der Waals surface area contributed by atoms with Crippen molar-refractivity contribution in [3.63, 3.8) is 0 Å². The fraction of sp³-hybridized carbons (Fsp3) is 0.364. The van der Waals surface area contributed by atoms with Gasteiger partial charge in [0.25, 0.3) is 0 Å². The number of nitrogens with one attached hydrogen (secondary N) is 1. The van der Waals surface area contributed by atoms with Crippen molar-refractivity contribution in [2.75, 3.05) is 17.9 Å². The normalized spacial score (nSPS) is 15.5. The lowest BCUT2D eigenvalue weighted by molar-refractivity contribution is -0.136. The van der Waals surface area contributed by atoms with Crippen molar-refractivity contribution in [3.8, 4) is 11.5 Å². The second kappa shape index (κ2) is 5.37. The van der Waals surface area contributed by atoms with Gasteiger partial charge in [-0.25, -0.2) is 8.42 Å². The van der Waals surface area contributed by atoms with E-state index in [1.54, 1.807) is 0 Å². The minimum Gasteiger partial charge on any atom is -0.486 e. The molecule has 0 bridgehead atoms. The van der Waals surface area contributed by atoms with Crippen molar-refractivity contribution in [3.05, 3.63) is 17.2 Å². The van der Waals surface area contributed by atoms with Crippen LogP contribution in [0.4, 0.5) is 5.69 Å². The van der Waals surface area contributed by atoms with Crippen LogP contribution in [-0.4, -0.2) is 38.0 Å². The van der Waals surface area contributed by atoms with Gasteiger partial charge in [-0.15, -0.1) is 0 Å². The number of benzene rings is 1. The van der Waals surface area contributed by atoms with E-state index in [0.717, 1.165) is 6.92 Å². The average molecular weight is 322 g/mol. The number of carboxylic acids is 1. The fourth-order valence-corrected chi connectivity index (χ4v) is 2.69. The molecular weight excluding hydrogens is 310 g/mol. The minimum absolute atomic E-state index is 0.0454. The van der Waals surface area contributed by atoms with E-state index in [4.69, 9.17) is 26.2 Å². The molecule has 1 atom stereocenters. The number of ether oxygens (including phenoxy) is 2. The molecule has 0 aliphatic carbocycles. The maximum atomic E-state index is 11.8. The number of carboxylic acid groups (broad SMARTS) is 1. The first-order valence-electron chi connectivity index (χ1n) is 5.65. The van der Waals surface area contributed by atoms with Gasteiger partial charge in [-0.2, -0.15) is 0 Å². The van der Waals surface area contributed by atoms with Gasteiger partial charge in [0.2, 0.25) is 10.0 Å². The van der Waals surface area contributed by atoms with E-state index in [1.807, 2.05) is 0 Å². The van der Waals surface area contributed by atoms with E-state index < -0.39 is 21.2 Å². The molecule has 7 nitrogen and oxygen atoms in total. The predicted molar refractivity (Wildman–Crippen MR) is 72.1 cm³/mol. The van der Waals surface area contributed by atoms with Gasteiger partial charge >= 0.3 is 5.97 Å². The van der Waals surface area contributed by atoms with Crippen LogP contribution in [0.1, 0.15) is 6.92 Å². The second-order valence-electron chi connectivity index (χ2n) is 4.10. The highest BCUT2D eigenvalue weighted by Crippen LogP contribution is 2.38. The average Bonchev–Trinajstić information content (AvgIpc) is 2.38. The van der Waals surface area contributed by atoms with Crippen molar-refractivity contribution in [1.82, 2.24) is 0 Å². The van der Waals surface area contributed by atoms with Crippen LogP contribution < -0.4 is 14.2 Å². The third kappa shape index (κ3) is 2.91. The number of sulfonamides is 1. The predicted octanol–water partition coefficient (Wildman–Crippen LogP) is 1.33. The van der Waals surface area contributed by atoms with Gasteiger partial charge in [0.1, 0.15) is 13.2 Å². The van der Waals surface area contributed by atoms with Crippen LogP contribution in [-0.2, 0) is 14.8 Å². The lowest BCUT2D eigenvalue weighted by atomic mass is 10.2. The van der Waals surface area contributed by atoms with E-state index in [2.05, 4.69) is 4.72 Å². The number of anilines is 1. The van der Waals surface area contributed by atoms with Gasteiger partial charge in [0.15, 0.2) is 16.7 Å². The molecule has 1 heterocycles. The molecule has 1 unspecified atom stereocenters. The summed E-state index contributed by atoms with van der Waals surface area (Å²) in [4.78, 5) is 10.8. The molecule has 110 valence electrons. The molecule has 20 heavy (non-hydrogen) atoms. The molecule has 1 aromatic rings. The highest BCUT2D eigenvalue weighted by atomic mass is 35.5. The van der Waals surface area contributed by atoms with Crippen LogP contribution in [0.2, 0.25) is 5.02 Å². The molecule has 2 rings (SSSR count). The van der Waals surface area contributed by atoms with Crippen molar-refractivity contribution >= 4 is 33.3 Å². The summed E-state index contributed by atoms with van der Waals surface area (Å²) in [5, 5.41) is 7.25. The zero-order valence-corrected chi connectivity index (χ0v) is 12.0. The van der Waals surface area contributed by atoms with Gasteiger partial charge in [0, 0.05) is 12.1 Å². The highest BCUT2D eigenvalue weighted by Gasteiger charge is 2.29. The molecule has 0 radical (unpaired) electrons. The number of hydrogen-bond donors (Lipinski definition) is 2. The Morgan fingerprint density at radius 3 is 2.45 bits per heavy atom. The largest absolute Gasteiger partial charge is 0.486 e. The highest BCUT2D eigenvalue weighted by molar-refractivity contribution is 7.94. The summed E-state index contributed by atoms with van der Waals surface area (Å²) in [7, 11) is -4.09. The molecule has 0 saturated carbocycles. The Morgan fingerprint density at radius 1 is 1.35 bits per heavy atom.